The maximum Gasteiger partial charge on any atom is 0.340 e. The third-order valence-corrected chi connectivity index (χ3v) is 3.74. The van der Waals surface area contributed by atoms with Gasteiger partial charge in [0.1, 0.15) is 10.9 Å². The van der Waals surface area contributed by atoms with Crippen molar-refractivity contribution in [2.75, 3.05) is 12.4 Å². The van der Waals surface area contributed by atoms with Gasteiger partial charge in [-0.3, -0.25) is 4.79 Å². The predicted molar refractivity (Wildman–Crippen MR) is 90.8 cm³/mol. The number of nitrogens with zero attached hydrogens (tertiary/aromatic N) is 1. The zero-order valence-corrected chi connectivity index (χ0v) is 14.4. The largest absolute Gasteiger partial charge is 0.495 e. The van der Waals surface area contributed by atoms with E-state index in [1.165, 1.54) is 26.3 Å². The number of halogens is 2. The Labute approximate surface area is 148 Å². The Hall–Kier alpha value is -2.31. The lowest BCUT2D eigenvalue weighted by atomic mass is 10.2. The fourth-order valence-corrected chi connectivity index (χ4v) is 2.07. The van der Waals surface area contributed by atoms with Gasteiger partial charge in [0.2, 0.25) is 0 Å². The molecule has 6 nitrogen and oxygen atoms in total. The Balaban J connectivity index is 2.03. The Morgan fingerprint density at radius 3 is 2.62 bits per heavy atom. The van der Waals surface area contributed by atoms with Gasteiger partial charge in [-0.2, -0.15) is 0 Å². The van der Waals surface area contributed by atoms with Gasteiger partial charge in [-0.15, -0.1) is 0 Å². The van der Waals surface area contributed by atoms with Crippen molar-refractivity contribution < 1.29 is 19.1 Å². The van der Waals surface area contributed by atoms with Gasteiger partial charge < -0.3 is 14.8 Å². The Morgan fingerprint density at radius 2 is 1.96 bits per heavy atom. The number of methoxy groups -OCH3 is 1. The van der Waals surface area contributed by atoms with Gasteiger partial charge in [0.15, 0.2) is 6.10 Å². The van der Waals surface area contributed by atoms with Crippen LogP contribution in [0.1, 0.15) is 17.3 Å². The second kappa shape index (κ2) is 7.99. The SMILES string of the molecule is COc1ccccc1NC(=O)[C@@H](C)OC(=O)c1cnc(Cl)c(Cl)c1. The second-order valence-electron chi connectivity index (χ2n) is 4.73. The minimum absolute atomic E-state index is 0.0789. The first-order valence-corrected chi connectivity index (χ1v) is 7.64. The van der Waals surface area contributed by atoms with Crippen molar-refractivity contribution in [1.29, 1.82) is 0 Å². The number of hydrogen-bond donors (Lipinski definition) is 1. The average Bonchev–Trinajstić information content (AvgIpc) is 2.57. The van der Waals surface area contributed by atoms with E-state index >= 15 is 0 Å². The van der Waals surface area contributed by atoms with Crippen LogP contribution in [0.4, 0.5) is 5.69 Å². The molecule has 0 aliphatic carbocycles. The predicted octanol–water partition coefficient (Wildman–Crippen LogP) is 3.58. The van der Waals surface area contributed by atoms with Crippen LogP contribution in [-0.4, -0.2) is 30.1 Å². The van der Waals surface area contributed by atoms with Crippen LogP contribution < -0.4 is 10.1 Å². The Morgan fingerprint density at radius 1 is 1.25 bits per heavy atom. The molecule has 0 saturated carbocycles. The van der Waals surface area contributed by atoms with Gasteiger partial charge in [-0.1, -0.05) is 35.3 Å². The molecule has 0 aliphatic rings. The van der Waals surface area contributed by atoms with E-state index in [4.69, 9.17) is 32.7 Å². The van der Waals surface area contributed by atoms with Crippen LogP contribution in [0.25, 0.3) is 0 Å². The van der Waals surface area contributed by atoms with Gasteiger partial charge in [0.25, 0.3) is 5.91 Å². The number of rotatable bonds is 5. The molecule has 126 valence electrons. The molecular weight excluding hydrogens is 355 g/mol. The lowest BCUT2D eigenvalue weighted by molar-refractivity contribution is -0.123. The van der Waals surface area contributed by atoms with Crippen molar-refractivity contribution in [3.8, 4) is 5.75 Å². The van der Waals surface area contributed by atoms with E-state index in [9.17, 15) is 9.59 Å². The summed E-state index contributed by atoms with van der Waals surface area (Å²) in [6.07, 6.45) is 0.193. The normalized spacial score (nSPS) is 11.5. The zero-order chi connectivity index (χ0) is 17.7. The van der Waals surface area contributed by atoms with Gasteiger partial charge in [-0.25, -0.2) is 9.78 Å². The third-order valence-electron chi connectivity index (χ3n) is 3.05. The summed E-state index contributed by atoms with van der Waals surface area (Å²) in [5, 5.41) is 2.84. The molecule has 1 aromatic carbocycles. The lowest BCUT2D eigenvalue weighted by Gasteiger charge is -2.15. The number of aromatic nitrogens is 1. The van der Waals surface area contributed by atoms with Crippen molar-refractivity contribution in [3.05, 3.63) is 52.3 Å². The molecule has 2 rings (SSSR count). The second-order valence-corrected chi connectivity index (χ2v) is 5.50. The van der Waals surface area contributed by atoms with E-state index in [2.05, 4.69) is 10.3 Å². The van der Waals surface area contributed by atoms with Gasteiger partial charge >= 0.3 is 5.97 Å². The molecule has 1 heterocycles. The number of esters is 1. The average molecular weight is 369 g/mol. The van der Waals surface area contributed by atoms with Crippen LogP contribution in [0.15, 0.2) is 36.5 Å². The molecule has 2 aromatic rings. The van der Waals surface area contributed by atoms with E-state index in [1.54, 1.807) is 24.3 Å². The minimum Gasteiger partial charge on any atom is -0.495 e. The van der Waals surface area contributed by atoms with E-state index in [0.29, 0.717) is 11.4 Å². The number of benzene rings is 1. The van der Waals surface area contributed by atoms with E-state index in [-0.39, 0.29) is 15.7 Å². The molecule has 24 heavy (non-hydrogen) atoms. The molecule has 1 aromatic heterocycles. The highest BCUT2D eigenvalue weighted by Gasteiger charge is 2.20. The Bertz CT molecular complexity index is 767. The number of nitrogens with one attached hydrogen (secondary N) is 1. The summed E-state index contributed by atoms with van der Waals surface area (Å²) in [5.41, 5.74) is 0.574. The smallest absolute Gasteiger partial charge is 0.340 e. The minimum atomic E-state index is -1.03. The number of carbonyl (C=O) groups excluding carboxylic acids is 2. The topological polar surface area (TPSA) is 77.5 Å². The van der Waals surface area contributed by atoms with Crippen LogP contribution in [0, 0.1) is 0 Å². The number of anilines is 1. The summed E-state index contributed by atoms with van der Waals surface area (Å²) in [6, 6.07) is 8.22. The molecule has 0 aliphatic heterocycles. The van der Waals surface area contributed by atoms with Crippen molar-refractivity contribution in [1.82, 2.24) is 4.98 Å². The molecule has 1 amide bonds. The fraction of sp³-hybridized carbons (Fsp3) is 0.188. The fourth-order valence-electron chi connectivity index (χ4n) is 1.80. The van der Waals surface area contributed by atoms with Gasteiger partial charge in [-0.05, 0) is 25.1 Å². The number of ether oxygens (including phenoxy) is 2. The summed E-state index contributed by atoms with van der Waals surface area (Å²) in [7, 11) is 1.49. The highest BCUT2D eigenvalue weighted by atomic mass is 35.5. The third kappa shape index (κ3) is 4.37. The van der Waals surface area contributed by atoms with Crippen LogP contribution in [0.5, 0.6) is 5.75 Å². The summed E-state index contributed by atoms with van der Waals surface area (Å²) >= 11 is 11.5. The zero-order valence-electron chi connectivity index (χ0n) is 12.9. The van der Waals surface area contributed by atoms with Crippen molar-refractivity contribution >= 4 is 40.8 Å². The number of carbonyl (C=O) groups is 2. The van der Waals surface area contributed by atoms with Crippen LogP contribution in [0.3, 0.4) is 0 Å². The van der Waals surface area contributed by atoms with Crippen molar-refractivity contribution in [2.24, 2.45) is 0 Å². The maximum atomic E-state index is 12.2. The molecule has 1 atom stereocenters. The van der Waals surface area contributed by atoms with E-state index < -0.39 is 18.0 Å². The first-order valence-electron chi connectivity index (χ1n) is 6.88. The van der Waals surface area contributed by atoms with Crippen LogP contribution in [-0.2, 0) is 9.53 Å². The van der Waals surface area contributed by atoms with Gasteiger partial charge in [0, 0.05) is 6.20 Å². The van der Waals surface area contributed by atoms with E-state index in [1.807, 2.05) is 0 Å². The molecule has 8 heteroatoms. The molecule has 0 bridgehead atoms. The van der Waals surface area contributed by atoms with Crippen molar-refractivity contribution in [3.63, 3.8) is 0 Å². The van der Waals surface area contributed by atoms with Gasteiger partial charge in [0.05, 0.1) is 23.4 Å². The summed E-state index contributed by atoms with van der Waals surface area (Å²) in [4.78, 5) is 27.9. The number of para-hydroxylation sites is 2. The summed E-state index contributed by atoms with van der Waals surface area (Å²) in [5.74, 6) is -0.734. The quantitative estimate of drug-likeness (QED) is 0.644. The first kappa shape index (κ1) is 18.0. The summed E-state index contributed by atoms with van der Waals surface area (Å²) < 4.78 is 10.2. The molecule has 0 saturated heterocycles. The lowest BCUT2D eigenvalue weighted by Crippen LogP contribution is -2.30. The van der Waals surface area contributed by atoms with Crippen LogP contribution >= 0.6 is 23.2 Å². The highest BCUT2D eigenvalue weighted by Crippen LogP contribution is 2.23. The molecular formula is C16H14Cl2N2O4. The molecule has 0 spiro atoms. The highest BCUT2D eigenvalue weighted by molar-refractivity contribution is 6.41. The monoisotopic (exact) mass is 368 g/mol. The maximum absolute atomic E-state index is 12.2. The number of amides is 1. The van der Waals surface area contributed by atoms with Crippen LogP contribution in [0.2, 0.25) is 10.2 Å². The molecule has 0 radical (unpaired) electrons. The molecule has 1 N–H and O–H groups in total. The molecule has 0 fully saturated rings. The van der Waals surface area contributed by atoms with Crippen molar-refractivity contribution in [2.45, 2.75) is 13.0 Å². The number of hydrogen-bond acceptors (Lipinski definition) is 5. The number of pyridine rings is 1. The summed E-state index contributed by atoms with van der Waals surface area (Å²) in [6.45, 7) is 1.45. The van der Waals surface area contributed by atoms with E-state index in [0.717, 1.165) is 0 Å². The molecule has 0 unspecified atom stereocenters. The standard InChI is InChI=1S/C16H14Cl2N2O4/c1-9(15(21)20-12-5-3-4-6-13(12)23-2)24-16(22)10-7-11(17)14(18)19-8-10/h3-9H,1-2H3,(H,20,21)/t9-/m1/s1. The Kier molecular flexibility index (Phi) is 6.00. The first-order chi connectivity index (χ1) is 11.4.